The molecule has 0 saturated heterocycles. The molecule has 0 aliphatic carbocycles. The van der Waals surface area contributed by atoms with Gasteiger partial charge < -0.3 is 0 Å². The lowest BCUT2D eigenvalue weighted by Crippen LogP contribution is -2.03. The zero-order valence-corrected chi connectivity index (χ0v) is 18.9. The summed E-state index contributed by atoms with van der Waals surface area (Å²) in [4.78, 5) is 0. The Labute approximate surface area is 171 Å². The van der Waals surface area contributed by atoms with Gasteiger partial charge >= 0.3 is 0 Å². The second-order valence-corrected chi connectivity index (χ2v) is 9.85. The molecule has 0 heteroatoms. The third-order valence-corrected chi connectivity index (χ3v) is 5.74. The minimum absolute atomic E-state index is 0.530. The van der Waals surface area contributed by atoms with Gasteiger partial charge in [-0.2, -0.15) is 0 Å². The molecule has 0 saturated carbocycles. The first kappa shape index (κ1) is 24.3. The maximum atomic E-state index is 2.36. The van der Waals surface area contributed by atoms with Gasteiger partial charge in [-0.25, -0.2) is 0 Å². The smallest absolute Gasteiger partial charge is 0.0279 e. The fraction of sp³-hybridized carbons (Fsp3) is 0.778. The number of unbranched alkanes of at least 4 members (excludes halogenated alkanes) is 14. The SMILES string of the molecule is CC(C)(C)CCCCCCCCCCCCCCCCCc1ccccc1. The second-order valence-electron chi connectivity index (χ2n) is 9.85. The van der Waals surface area contributed by atoms with E-state index in [0.717, 1.165) is 0 Å². The normalized spacial score (nSPS) is 11.8. The molecule has 0 radical (unpaired) electrons. The fourth-order valence-electron chi connectivity index (χ4n) is 3.93. The highest BCUT2D eigenvalue weighted by atomic mass is 14.1. The Morgan fingerprint density at radius 1 is 0.481 bits per heavy atom. The number of hydrogen-bond donors (Lipinski definition) is 0. The van der Waals surface area contributed by atoms with Crippen LogP contribution in [0.1, 0.15) is 129 Å². The molecular formula is C27H48. The minimum Gasteiger partial charge on any atom is -0.0622 e. The van der Waals surface area contributed by atoms with Crippen molar-refractivity contribution >= 4 is 0 Å². The number of aryl methyl sites for hydroxylation is 1. The summed E-state index contributed by atoms with van der Waals surface area (Å²) in [5.41, 5.74) is 2.03. The zero-order valence-electron chi connectivity index (χ0n) is 18.9. The van der Waals surface area contributed by atoms with Crippen LogP contribution in [0, 0.1) is 5.41 Å². The van der Waals surface area contributed by atoms with E-state index >= 15 is 0 Å². The second kappa shape index (κ2) is 16.2. The first-order valence-corrected chi connectivity index (χ1v) is 12.1. The van der Waals surface area contributed by atoms with Gasteiger partial charge in [0.05, 0.1) is 0 Å². The third-order valence-electron chi connectivity index (χ3n) is 5.74. The van der Waals surface area contributed by atoms with E-state index in [1.165, 1.54) is 115 Å². The monoisotopic (exact) mass is 372 g/mol. The van der Waals surface area contributed by atoms with Crippen molar-refractivity contribution in [3.63, 3.8) is 0 Å². The van der Waals surface area contributed by atoms with E-state index in [4.69, 9.17) is 0 Å². The van der Waals surface area contributed by atoms with Crippen molar-refractivity contribution in [2.75, 3.05) is 0 Å². The Bertz CT molecular complexity index is 411. The lowest BCUT2D eigenvalue weighted by atomic mass is 9.89. The Balaban J connectivity index is 1.71. The van der Waals surface area contributed by atoms with Crippen molar-refractivity contribution in [2.45, 2.75) is 130 Å². The maximum absolute atomic E-state index is 2.36. The molecule has 0 bridgehead atoms. The van der Waals surface area contributed by atoms with Gasteiger partial charge in [-0.05, 0) is 30.2 Å². The summed E-state index contributed by atoms with van der Waals surface area (Å²) in [6.45, 7) is 7.08. The molecule has 27 heavy (non-hydrogen) atoms. The van der Waals surface area contributed by atoms with E-state index in [1.54, 1.807) is 0 Å². The van der Waals surface area contributed by atoms with Gasteiger partial charge in [-0.3, -0.25) is 0 Å². The molecule has 0 spiro atoms. The summed E-state index contributed by atoms with van der Waals surface area (Å²) in [7, 11) is 0. The van der Waals surface area contributed by atoms with Crippen molar-refractivity contribution in [3.8, 4) is 0 Å². The summed E-state index contributed by atoms with van der Waals surface area (Å²) < 4.78 is 0. The molecule has 0 N–H and O–H groups in total. The van der Waals surface area contributed by atoms with Crippen LogP contribution < -0.4 is 0 Å². The van der Waals surface area contributed by atoms with Crippen molar-refractivity contribution in [3.05, 3.63) is 35.9 Å². The van der Waals surface area contributed by atoms with Crippen LogP contribution in [-0.4, -0.2) is 0 Å². The fourth-order valence-corrected chi connectivity index (χ4v) is 3.93. The average Bonchev–Trinajstić information content (AvgIpc) is 2.64. The molecule has 0 aliphatic rings. The highest BCUT2D eigenvalue weighted by Gasteiger charge is 2.08. The number of benzene rings is 1. The molecule has 0 nitrogen and oxygen atoms in total. The van der Waals surface area contributed by atoms with Crippen molar-refractivity contribution in [1.82, 2.24) is 0 Å². The van der Waals surface area contributed by atoms with E-state index in [2.05, 4.69) is 51.1 Å². The van der Waals surface area contributed by atoms with E-state index in [1.807, 2.05) is 0 Å². The molecule has 0 aliphatic heterocycles. The van der Waals surface area contributed by atoms with Gasteiger partial charge in [0.15, 0.2) is 0 Å². The summed E-state index contributed by atoms with van der Waals surface area (Å²) in [6, 6.07) is 10.9. The van der Waals surface area contributed by atoms with E-state index in [0.29, 0.717) is 5.41 Å². The van der Waals surface area contributed by atoms with Crippen molar-refractivity contribution in [2.24, 2.45) is 5.41 Å². The van der Waals surface area contributed by atoms with E-state index < -0.39 is 0 Å². The van der Waals surface area contributed by atoms with Crippen LogP contribution >= 0.6 is 0 Å². The first-order valence-electron chi connectivity index (χ1n) is 12.1. The molecule has 1 rings (SSSR count). The quantitative estimate of drug-likeness (QED) is 0.239. The van der Waals surface area contributed by atoms with Crippen molar-refractivity contribution < 1.29 is 0 Å². The Hall–Kier alpha value is -0.780. The predicted octanol–water partition coefficient (Wildman–Crippen LogP) is 9.52. The van der Waals surface area contributed by atoms with Crippen LogP contribution in [0.15, 0.2) is 30.3 Å². The largest absolute Gasteiger partial charge is 0.0622 e. The molecule has 0 heterocycles. The number of rotatable bonds is 17. The van der Waals surface area contributed by atoms with Crippen LogP contribution in [0.2, 0.25) is 0 Å². The molecule has 0 amide bonds. The highest BCUT2D eigenvalue weighted by molar-refractivity contribution is 5.14. The third kappa shape index (κ3) is 17.1. The molecule has 0 unspecified atom stereocenters. The van der Waals surface area contributed by atoms with Gasteiger partial charge in [0.1, 0.15) is 0 Å². The lowest BCUT2D eigenvalue weighted by Gasteiger charge is -2.17. The molecular weight excluding hydrogens is 324 g/mol. The molecule has 0 aromatic heterocycles. The van der Waals surface area contributed by atoms with Gasteiger partial charge in [0.2, 0.25) is 0 Å². The molecule has 1 aromatic rings. The Morgan fingerprint density at radius 3 is 1.26 bits per heavy atom. The highest BCUT2D eigenvalue weighted by Crippen LogP contribution is 2.22. The Kier molecular flexibility index (Phi) is 14.6. The number of hydrogen-bond acceptors (Lipinski definition) is 0. The zero-order chi connectivity index (χ0) is 19.6. The van der Waals surface area contributed by atoms with Crippen LogP contribution in [-0.2, 0) is 6.42 Å². The van der Waals surface area contributed by atoms with Crippen LogP contribution in [0.3, 0.4) is 0 Å². The molecule has 0 fully saturated rings. The molecule has 1 aromatic carbocycles. The van der Waals surface area contributed by atoms with Crippen LogP contribution in [0.25, 0.3) is 0 Å². The maximum Gasteiger partial charge on any atom is -0.0279 e. The first-order chi connectivity index (χ1) is 13.1. The van der Waals surface area contributed by atoms with Gasteiger partial charge in [-0.1, -0.05) is 141 Å². The van der Waals surface area contributed by atoms with E-state index in [9.17, 15) is 0 Å². The predicted molar refractivity (Wildman–Crippen MR) is 123 cm³/mol. The van der Waals surface area contributed by atoms with Crippen LogP contribution in [0.4, 0.5) is 0 Å². The summed E-state index contributed by atoms with van der Waals surface area (Å²) in [6.07, 6.45) is 24.4. The van der Waals surface area contributed by atoms with Crippen LogP contribution in [0.5, 0.6) is 0 Å². The van der Waals surface area contributed by atoms with Gasteiger partial charge in [0, 0.05) is 0 Å². The molecule has 0 atom stereocenters. The van der Waals surface area contributed by atoms with Crippen molar-refractivity contribution in [1.29, 1.82) is 0 Å². The van der Waals surface area contributed by atoms with Gasteiger partial charge in [0.25, 0.3) is 0 Å². The van der Waals surface area contributed by atoms with Gasteiger partial charge in [-0.15, -0.1) is 0 Å². The lowest BCUT2D eigenvalue weighted by molar-refractivity contribution is 0.356. The summed E-state index contributed by atoms with van der Waals surface area (Å²) in [5, 5.41) is 0. The topological polar surface area (TPSA) is 0 Å². The summed E-state index contributed by atoms with van der Waals surface area (Å²) >= 11 is 0. The summed E-state index contributed by atoms with van der Waals surface area (Å²) in [5.74, 6) is 0. The standard InChI is InChI=1S/C27H48/c1-27(2,3)25-21-16-14-12-10-8-6-4-5-7-9-11-13-15-18-22-26-23-19-17-20-24-26/h17,19-20,23-24H,4-16,18,21-22,25H2,1-3H3. The van der Waals surface area contributed by atoms with E-state index in [-0.39, 0.29) is 0 Å². The Morgan fingerprint density at radius 2 is 0.852 bits per heavy atom. The molecule has 156 valence electrons. The minimum atomic E-state index is 0.530. The average molecular weight is 373 g/mol.